The van der Waals surface area contributed by atoms with Gasteiger partial charge in [-0.2, -0.15) is 0 Å². The van der Waals surface area contributed by atoms with Gasteiger partial charge >= 0.3 is 11.9 Å². The first-order valence-electron chi connectivity index (χ1n) is 18.3. The molecular weight excluding hydrogens is 746 g/mol. The van der Waals surface area contributed by atoms with Gasteiger partial charge in [-0.3, -0.25) is 33.8 Å². The van der Waals surface area contributed by atoms with Crippen molar-refractivity contribution in [2.45, 2.75) is 102 Å². The van der Waals surface area contributed by atoms with E-state index in [1.165, 1.54) is 36.8 Å². The Morgan fingerprint density at radius 1 is 0.789 bits per heavy atom. The molecule has 0 spiro atoms. The van der Waals surface area contributed by atoms with Gasteiger partial charge in [-0.1, -0.05) is 46.2 Å². The molecule has 0 saturated heterocycles. The Bertz CT molecular complexity index is 1700. The number of nitrogens with two attached hydrogens (primary N) is 3. The van der Waals surface area contributed by atoms with Gasteiger partial charge in [-0.15, -0.1) is 0 Å². The summed E-state index contributed by atoms with van der Waals surface area (Å²) in [7, 11) is 0. The number of rotatable bonds is 24. The van der Waals surface area contributed by atoms with Crippen molar-refractivity contribution in [1.29, 1.82) is 0 Å². The number of carbonyl (C=O) groups excluding carboxylic acids is 5. The molecule has 0 bridgehead atoms. The van der Waals surface area contributed by atoms with Crippen molar-refractivity contribution in [1.82, 2.24) is 36.6 Å². The number of H-pyrrole nitrogens is 1. The number of phenolic OH excluding ortho intramolecular Hbond substituents is 1. The van der Waals surface area contributed by atoms with Gasteiger partial charge in [0.15, 0.2) is 5.96 Å². The van der Waals surface area contributed by atoms with Gasteiger partial charge < -0.3 is 64.1 Å². The largest absolute Gasteiger partial charge is 0.508 e. The van der Waals surface area contributed by atoms with E-state index in [1.807, 2.05) is 0 Å². The van der Waals surface area contributed by atoms with Crippen LogP contribution in [0.25, 0.3) is 0 Å². The summed E-state index contributed by atoms with van der Waals surface area (Å²) in [4.78, 5) is 102. The molecule has 21 heteroatoms. The molecule has 7 atom stereocenters. The maximum absolute atomic E-state index is 14.0. The number of nitrogens with zero attached hydrogens (tertiary/aromatic N) is 2. The van der Waals surface area contributed by atoms with Crippen molar-refractivity contribution in [3.8, 4) is 5.75 Å². The second-order valence-electron chi connectivity index (χ2n) is 13.9. The van der Waals surface area contributed by atoms with Crippen LogP contribution in [0.5, 0.6) is 5.75 Å². The third-order valence-electron chi connectivity index (χ3n) is 8.95. The molecule has 0 saturated carbocycles. The summed E-state index contributed by atoms with van der Waals surface area (Å²) >= 11 is 0. The van der Waals surface area contributed by atoms with Crippen LogP contribution in [0.1, 0.15) is 64.6 Å². The molecule has 1 unspecified atom stereocenters. The summed E-state index contributed by atoms with van der Waals surface area (Å²) in [6.45, 7) is 6.80. The van der Waals surface area contributed by atoms with Gasteiger partial charge in [-0.25, -0.2) is 9.78 Å². The number of guanidine groups is 1. The third kappa shape index (κ3) is 16.2. The van der Waals surface area contributed by atoms with Crippen LogP contribution in [-0.2, 0) is 46.4 Å². The molecule has 0 aliphatic heterocycles. The first kappa shape index (κ1) is 46.9. The van der Waals surface area contributed by atoms with Crippen molar-refractivity contribution in [2.75, 3.05) is 6.54 Å². The van der Waals surface area contributed by atoms with E-state index < -0.39 is 96.0 Å². The Morgan fingerprint density at radius 2 is 1.37 bits per heavy atom. The number of benzene rings is 1. The number of aromatic nitrogens is 2. The minimum Gasteiger partial charge on any atom is -0.508 e. The van der Waals surface area contributed by atoms with Gasteiger partial charge in [0.05, 0.1) is 18.8 Å². The second kappa shape index (κ2) is 23.0. The van der Waals surface area contributed by atoms with E-state index in [0.29, 0.717) is 17.7 Å². The highest BCUT2D eigenvalue weighted by Gasteiger charge is 2.35. The van der Waals surface area contributed by atoms with Crippen molar-refractivity contribution in [2.24, 2.45) is 34.0 Å². The lowest BCUT2D eigenvalue weighted by Crippen LogP contribution is -2.61. The fourth-order valence-electron chi connectivity index (χ4n) is 5.49. The molecule has 0 aliphatic carbocycles. The molecular formula is C36H55N11O10. The van der Waals surface area contributed by atoms with Crippen LogP contribution >= 0.6 is 0 Å². The number of aliphatic imine (C=N–C) groups is 1. The lowest BCUT2D eigenvalue weighted by atomic mass is 9.96. The number of carbonyl (C=O) groups is 7. The number of amides is 5. The zero-order valence-corrected chi connectivity index (χ0v) is 32.4. The van der Waals surface area contributed by atoms with E-state index in [2.05, 4.69) is 41.5 Å². The number of phenols is 1. The van der Waals surface area contributed by atoms with Crippen LogP contribution < -0.4 is 43.8 Å². The lowest BCUT2D eigenvalue weighted by molar-refractivity contribution is -0.142. The van der Waals surface area contributed by atoms with Crippen LogP contribution in [-0.4, -0.2) is 116 Å². The fourth-order valence-corrected chi connectivity index (χ4v) is 5.49. The summed E-state index contributed by atoms with van der Waals surface area (Å²) in [5.41, 5.74) is 17.4. The summed E-state index contributed by atoms with van der Waals surface area (Å²) in [5.74, 6) is -8.10. The minimum absolute atomic E-state index is 0.0316. The van der Waals surface area contributed by atoms with E-state index in [-0.39, 0.29) is 43.9 Å². The Labute approximate surface area is 329 Å². The summed E-state index contributed by atoms with van der Waals surface area (Å²) in [6, 6.07) is -2.20. The van der Waals surface area contributed by atoms with Crippen LogP contribution in [0, 0.1) is 11.8 Å². The zero-order chi connectivity index (χ0) is 42.8. The molecule has 57 heavy (non-hydrogen) atoms. The molecule has 0 aliphatic rings. The molecule has 0 radical (unpaired) electrons. The monoisotopic (exact) mass is 801 g/mol. The van der Waals surface area contributed by atoms with E-state index in [1.54, 1.807) is 27.7 Å². The SMILES string of the molecule is CCC(C)[C@H](NC(=O)[C@H](Cc1ccc(O)cc1)NC(=O)[C@@H](NC(=O)[C@H](CCCN=C(N)N)NC(=O)[C@@H](N)CC(=O)O)C(C)C)C(=O)N[C@@H](Cc1cnc[nH]1)C(=O)O. The van der Waals surface area contributed by atoms with Crippen molar-refractivity contribution < 1.29 is 48.9 Å². The Morgan fingerprint density at radius 3 is 1.91 bits per heavy atom. The lowest BCUT2D eigenvalue weighted by Gasteiger charge is -2.30. The topological polar surface area (TPSA) is 359 Å². The molecule has 2 aromatic rings. The van der Waals surface area contributed by atoms with E-state index in [9.17, 15) is 43.8 Å². The molecule has 1 aromatic carbocycles. The normalized spacial score (nSPS) is 14.7. The van der Waals surface area contributed by atoms with Gasteiger partial charge in [0, 0.05) is 31.3 Å². The van der Waals surface area contributed by atoms with Crippen molar-refractivity contribution in [3.05, 3.63) is 48.0 Å². The molecule has 314 valence electrons. The van der Waals surface area contributed by atoms with Crippen molar-refractivity contribution in [3.63, 3.8) is 0 Å². The minimum atomic E-state index is -1.48. The first-order chi connectivity index (χ1) is 26.8. The van der Waals surface area contributed by atoms with Gasteiger partial charge in [-0.05, 0) is 42.4 Å². The zero-order valence-electron chi connectivity index (χ0n) is 32.4. The Balaban J connectivity index is 2.38. The fraction of sp³-hybridized carbons (Fsp3) is 0.528. The van der Waals surface area contributed by atoms with Gasteiger partial charge in [0.1, 0.15) is 36.0 Å². The Hall–Kier alpha value is -6.25. The quantitative estimate of drug-likeness (QED) is 0.0310. The molecule has 21 nitrogen and oxygen atoms in total. The first-order valence-corrected chi connectivity index (χ1v) is 18.3. The predicted molar refractivity (Wildman–Crippen MR) is 206 cm³/mol. The maximum Gasteiger partial charge on any atom is 0.326 e. The number of carboxylic acids is 2. The highest BCUT2D eigenvalue weighted by molar-refractivity contribution is 5.97. The number of imidazole rings is 1. The molecule has 1 heterocycles. The highest BCUT2D eigenvalue weighted by atomic mass is 16.4. The molecule has 15 N–H and O–H groups in total. The van der Waals surface area contributed by atoms with Crippen LogP contribution in [0.15, 0.2) is 41.8 Å². The standard InChI is InChI=1S/C36H55N11O10/c1-5-19(4)29(34(55)45-26(35(56)57)14-21-16-40-17-42-21)47-32(53)25(13-20-8-10-22(48)11-9-20)44-33(54)28(18(2)3)46-31(52)24(7-6-12-41-36(38)39)43-30(51)23(37)15-27(49)50/h8-11,16-19,23-26,28-29,48H,5-7,12-15,37H2,1-4H3,(H,40,42)(H,43,51)(H,44,54)(H,45,55)(H,46,52)(H,47,53)(H,49,50)(H,56,57)(H4,38,39,41)/t19?,23-,24-,25-,26-,28-,29-/m0/s1. The number of nitrogens with one attached hydrogen (secondary N) is 6. The van der Waals surface area contributed by atoms with E-state index in [4.69, 9.17) is 22.3 Å². The highest BCUT2D eigenvalue weighted by Crippen LogP contribution is 2.15. The molecule has 0 fully saturated rings. The van der Waals surface area contributed by atoms with E-state index in [0.717, 1.165) is 0 Å². The number of aromatic amines is 1. The number of hydrogen-bond donors (Lipinski definition) is 12. The van der Waals surface area contributed by atoms with Crippen LogP contribution in [0.3, 0.4) is 0 Å². The predicted octanol–water partition coefficient (Wildman–Crippen LogP) is -2.03. The Kier molecular flexibility index (Phi) is 18.9. The molecule has 1 aromatic heterocycles. The van der Waals surface area contributed by atoms with Gasteiger partial charge in [0.2, 0.25) is 29.5 Å². The van der Waals surface area contributed by atoms with Gasteiger partial charge in [0.25, 0.3) is 0 Å². The van der Waals surface area contributed by atoms with E-state index >= 15 is 0 Å². The number of hydrogen-bond acceptors (Lipinski definition) is 11. The van der Waals surface area contributed by atoms with Crippen molar-refractivity contribution >= 4 is 47.4 Å². The second-order valence-corrected chi connectivity index (χ2v) is 13.9. The third-order valence-corrected chi connectivity index (χ3v) is 8.95. The number of carboxylic acid groups (broad SMARTS) is 2. The summed E-state index contributed by atoms with van der Waals surface area (Å²) < 4.78 is 0. The van der Waals surface area contributed by atoms with Crippen LogP contribution in [0.2, 0.25) is 0 Å². The molecule has 2 rings (SSSR count). The summed E-state index contributed by atoms with van der Waals surface area (Å²) in [5, 5.41) is 41.6. The number of aliphatic carboxylic acids is 2. The number of aromatic hydroxyl groups is 1. The smallest absolute Gasteiger partial charge is 0.326 e. The summed E-state index contributed by atoms with van der Waals surface area (Å²) in [6.07, 6.45) is 2.40. The maximum atomic E-state index is 14.0. The average molecular weight is 802 g/mol. The average Bonchev–Trinajstić information content (AvgIpc) is 3.66. The van der Waals surface area contributed by atoms with Crippen LogP contribution in [0.4, 0.5) is 0 Å². The molecule has 5 amide bonds.